The van der Waals surface area contributed by atoms with Crippen LogP contribution in [0.15, 0.2) is 59.4 Å². The van der Waals surface area contributed by atoms with Crippen molar-refractivity contribution in [2.24, 2.45) is 22.7 Å². The number of carbonyl (C=O) groups is 1. The fourth-order valence-corrected chi connectivity index (χ4v) is 7.91. The van der Waals surface area contributed by atoms with Crippen molar-refractivity contribution in [1.82, 2.24) is 9.99 Å². The summed E-state index contributed by atoms with van der Waals surface area (Å²) in [5, 5.41) is 0.888. The van der Waals surface area contributed by atoms with Crippen molar-refractivity contribution in [3.05, 3.63) is 70.5 Å². The Morgan fingerprint density at radius 2 is 1.70 bits per heavy atom. The molecule has 1 aromatic heterocycles. The number of hydrazine groups is 1. The quantitative estimate of drug-likeness (QED) is 0.382. The van der Waals surface area contributed by atoms with E-state index in [0.29, 0.717) is 30.2 Å². The normalized spacial score (nSPS) is 27.0. The average molecular weight is 502 g/mol. The molecule has 2 atom stereocenters. The number of aromatic nitrogens is 1. The highest BCUT2D eigenvalue weighted by Gasteiger charge is 2.50. The maximum absolute atomic E-state index is 13.2. The number of methoxy groups -OCH3 is 1. The SMILES string of the molecule is COc1ccc(Cn2c(=O)ccc3c(NNC(=O)CC45CC(C)CC(C)(CC(C)C4)C5)cccc32)cc1. The first-order valence-electron chi connectivity index (χ1n) is 13.5. The van der Waals surface area contributed by atoms with Crippen LogP contribution in [0.25, 0.3) is 10.9 Å². The Morgan fingerprint density at radius 1 is 1.00 bits per heavy atom. The summed E-state index contributed by atoms with van der Waals surface area (Å²) in [6.45, 7) is 7.57. The summed E-state index contributed by atoms with van der Waals surface area (Å²) >= 11 is 0. The molecule has 6 heteroatoms. The van der Waals surface area contributed by atoms with Gasteiger partial charge in [0.1, 0.15) is 5.75 Å². The molecule has 2 fully saturated rings. The number of nitrogens with one attached hydrogen (secondary N) is 2. The maximum atomic E-state index is 13.2. The van der Waals surface area contributed by atoms with E-state index in [1.807, 2.05) is 48.5 Å². The molecule has 196 valence electrons. The van der Waals surface area contributed by atoms with Crippen LogP contribution in [0.2, 0.25) is 0 Å². The highest BCUT2D eigenvalue weighted by Crippen LogP contribution is 2.60. The Labute approximate surface area is 219 Å². The van der Waals surface area contributed by atoms with Crippen molar-refractivity contribution in [1.29, 1.82) is 0 Å². The second kappa shape index (κ2) is 9.88. The number of hydrogen-bond acceptors (Lipinski definition) is 4. The second-order valence-electron chi connectivity index (χ2n) is 12.2. The standard InChI is InChI=1S/C31H39N3O3/c1-21-14-30(3)15-22(2)17-31(16-21,20-30)18-28(35)33-32-26-6-5-7-27-25(26)12-13-29(36)34(27)19-23-8-10-24(37-4)11-9-23/h5-13,21-22,32H,14-20H2,1-4H3,(H,33,35). The molecule has 2 N–H and O–H groups in total. The van der Waals surface area contributed by atoms with Crippen molar-refractivity contribution in [3.8, 4) is 5.75 Å². The molecule has 2 aromatic carbocycles. The van der Waals surface area contributed by atoms with Gasteiger partial charge >= 0.3 is 0 Å². The van der Waals surface area contributed by atoms with Gasteiger partial charge < -0.3 is 9.30 Å². The zero-order valence-electron chi connectivity index (χ0n) is 22.5. The molecule has 0 spiro atoms. The van der Waals surface area contributed by atoms with Crippen molar-refractivity contribution in [3.63, 3.8) is 0 Å². The monoisotopic (exact) mass is 501 g/mol. The van der Waals surface area contributed by atoms with E-state index in [-0.39, 0.29) is 16.9 Å². The number of anilines is 1. The Balaban J connectivity index is 1.33. The molecule has 1 heterocycles. The second-order valence-corrected chi connectivity index (χ2v) is 12.2. The van der Waals surface area contributed by atoms with E-state index in [1.54, 1.807) is 17.7 Å². The van der Waals surface area contributed by atoms with Gasteiger partial charge in [0.05, 0.1) is 24.9 Å². The van der Waals surface area contributed by atoms with Gasteiger partial charge in [-0.25, -0.2) is 0 Å². The van der Waals surface area contributed by atoms with Crippen molar-refractivity contribution < 1.29 is 9.53 Å². The smallest absolute Gasteiger partial charge is 0.251 e. The lowest BCUT2D eigenvalue weighted by Gasteiger charge is -2.55. The van der Waals surface area contributed by atoms with Gasteiger partial charge in [-0.1, -0.05) is 39.0 Å². The molecule has 2 saturated carbocycles. The number of rotatable bonds is 7. The van der Waals surface area contributed by atoms with E-state index in [9.17, 15) is 9.59 Å². The molecule has 37 heavy (non-hydrogen) atoms. The molecule has 2 aliphatic carbocycles. The predicted octanol–water partition coefficient (Wildman–Crippen LogP) is 6.13. The molecule has 2 bridgehead atoms. The van der Waals surface area contributed by atoms with Gasteiger partial charge in [0.2, 0.25) is 5.91 Å². The molecule has 1 amide bonds. The summed E-state index contributed by atoms with van der Waals surface area (Å²) in [5.74, 6) is 2.14. The van der Waals surface area contributed by atoms with Crippen LogP contribution in [0.4, 0.5) is 5.69 Å². The molecule has 0 radical (unpaired) electrons. The number of nitrogens with zero attached hydrogens (tertiary/aromatic N) is 1. The highest BCUT2D eigenvalue weighted by atomic mass is 16.5. The Kier molecular flexibility index (Phi) is 6.78. The third kappa shape index (κ3) is 5.39. The van der Waals surface area contributed by atoms with E-state index < -0.39 is 0 Å². The van der Waals surface area contributed by atoms with Gasteiger partial charge in [-0.2, -0.15) is 0 Å². The van der Waals surface area contributed by atoms with Crippen LogP contribution >= 0.6 is 0 Å². The van der Waals surface area contributed by atoms with Gasteiger partial charge in [-0.05, 0) is 90.7 Å². The molecule has 3 aromatic rings. The van der Waals surface area contributed by atoms with Gasteiger partial charge in [0, 0.05) is 17.9 Å². The van der Waals surface area contributed by atoms with Crippen molar-refractivity contribution in [2.45, 2.75) is 65.8 Å². The largest absolute Gasteiger partial charge is 0.497 e. The first kappa shape index (κ1) is 25.4. The zero-order chi connectivity index (χ0) is 26.2. The minimum Gasteiger partial charge on any atom is -0.497 e. The van der Waals surface area contributed by atoms with Crippen molar-refractivity contribution in [2.75, 3.05) is 12.5 Å². The van der Waals surface area contributed by atoms with Gasteiger partial charge in [0.15, 0.2) is 0 Å². The van der Waals surface area contributed by atoms with E-state index in [1.165, 1.54) is 12.8 Å². The highest BCUT2D eigenvalue weighted by molar-refractivity contribution is 5.92. The number of pyridine rings is 1. The van der Waals surface area contributed by atoms with Crippen LogP contribution in [0.5, 0.6) is 5.75 Å². The van der Waals surface area contributed by atoms with E-state index >= 15 is 0 Å². The molecule has 0 aliphatic heterocycles. The Hall–Kier alpha value is -3.28. The van der Waals surface area contributed by atoms with E-state index in [4.69, 9.17) is 4.74 Å². The van der Waals surface area contributed by atoms with Gasteiger partial charge in [-0.3, -0.25) is 20.4 Å². The fraction of sp³-hybridized carbons (Fsp3) is 0.484. The summed E-state index contributed by atoms with van der Waals surface area (Å²) in [7, 11) is 1.64. The first-order valence-corrected chi connectivity index (χ1v) is 13.5. The third-order valence-electron chi connectivity index (χ3n) is 8.45. The first-order chi connectivity index (χ1) is 17.7. The predicted molar refractivity (Wildman–Crippen MR) is 149 cm³/mol. The maximum Gasteiger partial charge on any atom is 0.251 e. The Bertz CT molecular complexity index is 1330. The van der Waals surface area contributed by atoms with E-state index in [2.05, 4.69) is 31.6 Å². The number of amides is 1. The number of fused-ring (bicyclic) bond motifs is 3. The average Bonchev–Trinajstić information content (AvgIpc) is 2.83. The molecule has 6 nitrogen and oxygen atoms in total. The lowest BCUT2D eigenvalue weighted by molar-refractivity contribution is -0.127. The number of ether oxygens (including phenoxy) is 1. The van der Waals surface area contributed by atoms with Crippen LogP contribution in [0.3, 0.4) is 0 Å². The molecule has 0 saturated heterocycles. The summed E-state index contributed by atoms with van der Waals surface area (Å²) in [4.78, 5) is 26.0. The Morgan fingerprint density at radius 3 is 2.38 bits per heavy atom. The summed E-state index contributed by atoms with van der Waals surface area (Å²) in [6, 6.07) is 16.9. The molecular formula is C31H39N3O3. The topological polar surface area (TPSA) is 72.4 Å². The molecule has 5 rings (SSSR count). The number of benzene rings is 2. The molecule has 2 unspecified atom stereocenters. The lowest BCUT2D eigenvalue weighted by Crippen LogP contribution is -2.47. The minimum atomic E-state index is -0.0653. The van der Waals surface area contributed by atoms with Crippen LogP contribution in [0, 0.1) is 22.7 Å². The zero-order valence-corrected chi connectivity index (χ0v) is 22.5. The summed E-state index contributed by atoms with van der Waals surface area (Å²) < 4.78 is 7.01. The van der Waals surface area contributed by atoms with E-state index in [0.717, 1.165) is 47.2 Å². The van der Waals surface area contributed by atoms with Crippen LogP contribution in [-0.4, -0.2) is 17.6 Å². The number of hydrogen-bond donors (Lipinski definition) is 2. The van der Waals surface area contributed by atoms with Crippen LogP contribution in [0.1, 0.15) is 64.9 Å². The minimum absolute atomic E-state index is 0.0362. The van der Waals surface area contributed by atoms with Gasteiger partial charge in [-0.15, -0.1) is 0 Å². The summed E-state index contributed by atoms with van der Waals surface area (Å²) in [5.41, 5.74) is 9.15. The third-order valence-corrected chi connectivity index (χ3v) is 8.45. The number of carbonyl (C=O) groups excluding carboxylic acids is 1. The van der Waals surface area contributed by atoms with Crippen LogP contribution in [-0.2, 0) is 11.3 Å². The molecule has 2 aliphatic rings. The van der Waals surface area contributed by atoms with Crippen LogP contribution < -0.4 is 21.1 Å². The van der Waals surface area contributed by atoms with Crippen molar-refractivity contribution >= 4 is 22.5 Å². The van der Waals surface area contributed by atoms with Gasteiger partial charge in [0.25, 0.3) is 5.56 Å². The summed E-state index contributed by atoms with van der Waals surface area (Å²) in [6.07, 6.45) is 6.50. The lowest BCUT2D eigenvalue weighted by atomic mass is 9.50. The fourth-order valence-electron chi connectivity index (χ4n) is 7.91. The molecular weight excluding hydrogens is 462 g/mol.